The number of hydrogen-bond acceptors (Lipinski definition) is 2. The number of carbonyl (C=O) groups excluding carboxylic acids is 1. The van der Waals surface area contributed by atoms with Crippen molar-refractivity contribution >= 4 is 23.5 Å². The molecule has 1 amide bonds. The Morgan fingerprint density at radius 3 is 2.65 bits per heavy atom. The monoisotopic (exact) mass is 372 g/mol. The molecule has 0 aliphatic heterocycles. The predicted molar refractivity (Wildman–Crippen MR) is 108 cm³/mol. The van der Waals surface area contributed by atoms with Gasteiger partial charge in [-0.2, -0.15) is 0 Å². The second kappa shape index (κ2) is 9.82. The van der Waals surface area contributed by atoms with E-state index in [2.05, 4.69) is 10.6 Å². The molecule has 0 atom stereocenters. The zero-order valence-electron chi connectivity index (χ0n) is 15.4. The molecule has 2 N–H and O–H groups in total. The zero-order valence-corrected chi connectivity index (χ0v) is 16.2. The van der Waals surface area contributed by atoms with E-state index in [4.69, 9.17) is 16.6 Å². The molecule has 0 saturated carbocycles. The lowest BCUT2D eigenvalue weighted by atomic mass is 10.1. The molecule has 138 valence electrons. The first kappa shape index (κ1) is 19.8. The average Bonchev–Trinajstić information content (AvgIpc) is 2.66. The molecule has 0 saturated heterocycles. The molecular formula is C20H25ClN4O. The fourth-order valence-electron chi connectivity index (χ4n) is 2.55. The highest BCUT2D eigenvalue weighted by Crippen LogP contribution is 2.16. The van der Waals surface area contributed by atoms with Crippen LogP contribution in [0.25, 0.3) is 0 Å². The molecule has 0 radical (unpaired) electrons. The van der Waals surface area contributed by atoms with Crippen LogP contribution in [0.4, 0.5) is 0 Å². The normalized spacial score (nSPS) is 11.2. The predicted octanol–water partition coefficient (Wildman–Crippen LogP) is 3.30. The quantitative estimate of drug-likeness (QED) is 0.604. The molecule has 0 bridgehead atoms. The van der Waals surface area contributed by atoms with E-state index < -0.39 is 0 Å². The van der Waals surface area contributed by atoms with Crippen molar-refractivity contribution in [2.24, 2.45) is 4.99 Å². The Morgan fingerprint density at radius 2 is 1.96 bits per heavy atom. The van der Waals surface area contributed by atoms with E-state index in [-0.39, 0.29) is 5.91 Å². The summed E-state index contributed by atoms with van der Waals surface area (Å²) in [5, 5.41) is 6.68. The van der Waals surface area contributed by atoms with Crippen molar-refractivity contribution in [3.63, 3.8) is 0 Å². The highest BCUT2D eigenvalue weighted by atomic mass is 35.5. The Labute approximate surface area is 160 Å². The van der Waals surface area contributed by atoms with Gasteiger partial charge < -0.3 is 15.5 Å². The third-order valence-corrected chi connectivity index (χ3v) is 4.26. The average molecular weight is 373 g/mol. The van der Waals surface area contributed by atoms with Crippen LogP contribution in [0.2, 0.25) is 5.02 Å². The second-order valence-electron chi connectivity index (χ2n) is 5.90. The van der Waals surface area contributed by atoms with Gasteiger partial charge in [-0.3, -0.25) is 4.79 Å². The lowest BCUT2D eigenvalue weighted by molar-refractivity contribution is 0.0963. The van der Waals surface area contributed by atoms with Gasteiger partial charge in [0.2, 0.25) is 0 Å². The number of aliphatic imine (C=N–C) groups is 1. The Bertz CT molecular complexity index is 776. The van der Waals surface area contributed by atoms with Crippen molar-refractivity contribution in [2.75, 3.05) is 20.6 Å². The van der Waals surface area contributed by atoms with Gasteiger partial charge in [-0.15, -0.1) is 0 Å². The van der Waals surface area contributed by atoms with Gasteiger partial charge in [-0.1, -0.05) is 41.9 Å². The lowest BCUT2D eigenvalue weighted by Gasteiger charge is -2.22. The molecule has 0 spiro atoms. The van der Waals surface area contributed by atoms with Crippen LogP contribution in [0.5, 0.6) is 0 Å². The van der Waals surface area contributed by atoms with Crippen molar-refractivity contribution in [3.05, 3.63) is 70.2 Å². The number of benzene rings is 2. The molecule has 2 aromatic rings. The fourth-order valence-corrected chi connectivity index (χ4v) is 2.74. The molecule has 2 aromatic carbocycles. The van der Waals surface area contributed by atoms with Gasteiger partial charge in [0.1, 0.15) is 0 Å². The summed E-state index contributed by atoms with van der Waals surface area (Å²) in [5.74, 6) is 0.691. The largest absolute Gasteiger partial charge is 0.357 e. The minimum Gasteiger partial charge on any atom is -0.357 e. The molecule has 2 rings (SSSR count). The SMILES string of the molecule is CCNC(=NCc1cccc(C(=O)NC)c1)N(C)Cc1ccccc1Cl. The molecule has 0 aliphatic carbocycles. The number of rotatable bonds is 6. The van der Waals surface area contributed by atoms with Crippen LogP contribution in [-0.4, -0.2) is 37.4 Å². The van der Waals surface area contributed by atoms with Gasteiger partial charge in [-0.05, 0) is 36.2 Å². The topological polar surface area (TPSA) is 56.7 Å². The van der Waals surface area contributed by atoms with Gasteiger partial charge in [0.25, 0.3) is 5.91 Å². The summed E-state index contributed by atoms with van der Waals surface area (Å²) in [6.45, 7) is 3.94. The molecule has 0 heterocycles. The summed E-state index contributed by atoms with van der Waals surface area (Å²) in [6, 6.07) is 15.3. The van der Waals surface area contributed by atoms with Crippen molar-refractivity contribution in [1.29, 1.82) is 0 Å². The smallest absolute Gasteiger partial charge is 0.251 e. The molecule has 0 aromatic heterocycles. The standard InChI is InChI=1S/C20H25ClN4O/c1-4-23-20(25(3)14-17-9-5-6-11-18(17)21)24-13-15-8-7-10-16(12-15)19(26)22-2/h5-12H,4,13-14H2,1-3H3,(H,22,26)(H,23,24). The first-order chi connectivity index (χ1) is 12.5. The molecule has 26 heavy (non-hydrogen) atoms. The Balaban J connectivity index is 2.13. The van der Waals surface area contributed by atoms with E-state index in [9.17, 15) is 4.79 Å². The van der Waals surface area contributed by atoms with Gasteiger partial charge in [-0.25, -0.2) is 4.99 Å². The van der Waals surface area contributed by atoms with Crippen molar-refractivity contribution in [2.45, 2.75) is 20.0 Å². The zero-order chi connectivity index (χ0) is 18.9. The van der Waals surface area contributed by atoms with Crippen molar-refractivity contribution in [1.82, 2.24) is 15.5 Å². The third kappa shape index (κ3) is 5.49. The van der Waals surface area contributed by atoms with Gasteiger partial charge in [0.05, 0.1) is 6.54 Å². The number of amides is 1. The number of hydrogen-bond donors (Lipinski definition) is 2. The van der Waals surface area contributed by atoms with Crippen molar-refractivity contribution in [3.8, 4) is 0 Å². The molecule has 0 unspecified atom stereocenters. The summed E-state index contributed by atoms with van der Waals surface area (Å²) in [7, 11) is 3.60. The Hall–Kier alpha value is -2.53. The maximum atomic E-state index is 11.8. The van der Waals surface area contributed by atoms with E-state index in [0.717, 1.165) is 28.7 Å². The number of guanidine groups is 1. The fraction of sp³-hybridized carbons (Fsp3) is 0.300. The van der Waals surface area contributed by atoms with E-state index in [1.165, 1.54) is 0 Å². The van der Waals surface area contributed by atoms with E-state index in [1.807, 2.05) is 61.3 Å². The Kier molecular flexibility index (Phi) is 7.48. The highest BCUT2D eigenvalue weighted by Gasteiger charge is 2.09. The second-order valence-corrected chi connectivity index (χ2v) is 6.30. The van der Waals surface area contributed by atoms with Gasteiger partial charge >= 0.3 is 0 Å². The summed E-state index contributed by atoms with van der Waals surface area (Å²) >= 11 is 6.26. The molecular weight excluding hydrogens is 348 g/mol. The number of nitrogens with zero attached hydrogens (tertiary/aromatic N) is 2. The minimum atomic E-state index is -0.0985. The van der Waals surface area contributed by atoms with Crippen LogP contribution in [0.1, 0.15) is 28.4 Å². The van der Waals surface area contributed by atoms with E-state index >= 15 is 0 Å². The van der Waals surface area contributed by atoms with Crippen LogP contribution >= 0.6 is 11.6 Å². The molecule has 0 aliphatic rings. The van der Waals surface area contributed by atoms with Gasteiger partial charge in [0, 0.05) is 37.8 Å². The number of halogens is 1. The van der Waals surface area contributed by atoms with Crippen LogP contribution < -0.4 is 10.6 Å². The summed E-state index contributed by atoms with van der Waals surface area (Å²) in [4.78, 5) is 18.5. The summed E-state index contributed by atoms with van der Waals surface area (Å²) in [5.41, 5.74) is 2.66. The molecule has 5 nitrogen and oxygen atoms in total. The minimum absolute atomic E-state index is 0.0985. The summed E-state index contributed by atoms with van der Waals surface area (Å²) in [6.07, 6.45) is 0. The lowest BCUT2D eigenvalue weighted by Crippen LogP contribution is -2.38. The first-order valence-corrected chi connectivity index (χ1v) is 8.96. The number of nitrogens with one attached hydrogen (secondary N) is 2. The maximum Gasteiger partial charge on any atom is 0.251 e. The maximum absolute atomic E-state index is 11.8. The van der Waals surface area contributed by atoms with Gasteiger partial charge in [0.15, 0.2) is 5.96 Å². The van der Waals surface area contributed by atoms with E-state index in [0.29, 0.717) is 18.7 Å². The highest BCUT2D eigenvalue weighted by molar-refractivity contribution is 6.31. The van der Waals surface area contributed by atoms with Crippen LogP contribution in [0, 0.1) is 0 Å². The molecule has 6 heteroatoms. The Morgan fingerprint density at radius 1 is 1.19 bits per heavy atom. The summed E-state index contributed by atoms with van der Waals surface area (Å²) < 4.78 is 0. The van der Waals surface area contributed by atoms with Crippen molar-refractivity contribution < 1.29 is 4.79 Å². The van der Waals surface area contributed by atoms with E-state index in [1.54, 1.807) is 13.1 Å². The third-order valence-electron chi connectivity index (χ3n) is 3.89. The molecule has 0 fully saturated rings. The van der Waals surface area contributed by atoms with Crippen LogP contribution in [0.15, 0.2) is 53.5 Å². The van der Waals surface area contributed by atoms with Crippen LogP contribution in [0.3, 0.4) is 0 Å². The first-order valence-electron chi connectivity index (χ1n) is 8.59. The van der Waals surface area contributed by atoms with Crippen LogP contribution in [-0.2, 0) is 13.1 Å². The number of carbonyl (C=O) groups is 1.